The predicted molar refractivity (Wildman–Crippen MR) is 121 cm³/mol. The number of hydroxylamine groups is 1. The Bertz CT molecular complexity index is 1030. The van der Waals surface area contributed by atoms with Gasteiger partial charge in [0.1, 0.15) is 11.4 Å². The highest BCUT2D eigenvalue weighted by Gasteiger charge is 2.43. The molecule has 2 saturated heterocycles. The van der Waals surface area contributed by atoms with E-state index in [1.165, 1.54) is 9.79 Å². The van der Waals surface area contributed by atoms with E-state index in [0.29, 0.717) is 26.2 Å². The lowest BCUT2D eigenvalue weighted by atomic mass is 9.96. The third-order valence-corrected chi connectivity index (χ3v) is 8.15. The van der Waals surface area contributed by atoms with Crippen LogP contribution >= 0.6 is 0 Å². The highest BCUT2D eigenvalue weighted by atomic mass is 32.2. The fourth-order valence-electron chi connectivity index (χ4n) is 4.29. The van der Waals surface area contributed by atoms with Gasteiger partial charge in [-0.2, -0.15) is 4.31 Å². The van der Waals surface area contributed by atoms with E-state index in [-0.39, 0.29) is 31.8 Å². The number of anilines is 1. The Morgan fingerprint density at radius 2 is 1.79 bits per heavy atom. The number of carbonyl (C=O) groups is 1. The Morgan fingerprint density at radius 3 is 2.39 bits per heavy atom. The molecule has 0 bridgehead atoms. The van der Waals surface area contributed by atoms with Crippen molar-refractivity contribution in [2.24, 2.45) is 0 Å². The highest BCUT2D eigenvalue weighted by molar-refractivity contribution is 7.89. The van der Waals surface area contributed by atoms with Gasteiger partial charge >= 0.3 is 6.09 Å². The first-order valence-electron chi connectivity index (χ1n) is 10.8. The van der Waals surface area contributed by atoms with Gasteiger partial charge in [0, 0.05) is 57.1 Å². The zero-order valence-electron chi connectivity index (χ0n) is 18.2. The van der Waals surface area contributed by atoms with Gasteiger partial charge in [-0.05, 0) is 29.3 Å². The maximum Gasteiger partial charge on any atom is 0.431 e. The van der Waals surface area contributed by atoms with Gasteiger partial charge < -0.3 is 14.4 Å². The maximum atomic E-state index is 13.2. The van der Waals surface area contributed by atoms with Crippen molar-refractivity contribution in [3.8, 4) is 11.1 Å². The largest absolute Gasteiger partial charge is 0.440 e. The molecule has 4 rings (SSSR count). The summed E-state index contributed by atoms with van der Waals surface area (Å²) in [4.78, 5) is 17.9. The van der Waals surface area contributed by atoms with Crippen molar-refractivity contribution in [3.05, 3.63) is 48.8 Å². The number of carbonyl (C=O) groups excluding carboxylic acids is 1. The van der Waals surface area contributed by atoms with Crippen LogP contribution in [0.5, 0.6) is 0 Å². The second kappa shape index (κ2) is 10.0. The fourth-order valence-corrected chi connectivity index (χ4v) is 6.20. The minimum Gasteiger partial charge on any atom is -0.440 e. The van der Waals surface area contributed by atoms with E-state index in [0.717, 1.165) is 16.8 Å². The van der Waals surface area contributed by atoms with Crippen LogP contribution in [0.4, 0.5) is 10.5 Å². The second-order valence-corrected chi connectivity index (χ2v) is 10.2. The Balaban J connectivity index is 1.38. The normalized spacial score (nSPS) is 19.1. The molecule has 2 aliphatic rings. The lowest BCUT2D eigenvalue weighted by Gasteiger charge is -2.39. The molecule has 2 fully saturated rings. The number of nitrogens with zero attached hydrogens (tertiary/aromatic N) is 3. The van der Waals surface area contributed by atoms with Crippen molar-refractivity contribution in [2.75, 3.05) is 50.0 Å². The van der Waals surface area contributed by atoms with Gasteiger partial charge in [0.25, 0.3) is 0 Å². The Kier molecular flexibility index (Phi) is 7.13. The summed E-state index contributed by atoms with van der Waals surface area (Å²) < 4.78 is 38.4. The molecule has 1 amide bonds. The van der Waals surface area contributed by atoms with Crippen molar-refractivity contribution in [1.29, 1.82) is 0 Å². The molecule has 0 unspecified atom stereocenters. The van der Waals surface area contributed by atoms with Gasteiger partial charge in [-0.25, -0.2) is 18.7 Å². The van der Waals surface area contributed by atoms with Crippen LogP contribution < -0.4 is 10.4 Å². The van der Waals surface area contributed by atoms with Crippen molar-refractivity contribution in [1.82, 2.24) is 14.8 Å². The summed E-state index contributed by atoms with van der Waals surface area (Å²) in [5.74, 6) is -0.337. The lowest BCUT2D eigenvalue weighted by Crippen LogP contribution is -2.54. The summed E-state index contributed by atoms with van der Waals surface area (Å²) in [6, 6.07) is 12.0. The number of rotatable bonds is 6. The first-order chi connectivity index (χ1) is 15.9. The number of ether oxygens (including phenoxy) is 2. The zero-order chi connectivity index (χ0) is 23.3. The number of nitrogens with one attached hydrogen (secondary N) is 1. The van der Waals surface area contributed by atoms with Crippen LogP contribution in [-0.4, -0.2) is 79.8 Å². The molecule has 2 aliphatic heterocycles. The standard InChI is InChI=1S/C22H28N4O6S/c27-21(24-28)32-22(7-14-31-15-8-22)17-33(29,30)26-12-10-25(11-13-26)20-5-3-18(4-6-20)19-2-1-9-23-16-19/h1-6,9,16,28H,7-8,10-15,17H2,(H,24,27). The molecule has 1 aromatic carbocycles. The van der Waals surface area contributed by atoms with Crippen LogP contribution in [0.2, 0.25) is 0 Å². The molecule has 0 spiro atoms. The van der Waals surface area contributed by atoms with Crippen molar-refractivity contribution in [3.63, 3.8) is 0 Å². The fraction of sp³-hybridized carbons (Fsp3) is 0.455. The molecular formula is C22H28N4O6S. The van der Waals surface area contributed by atoms with Crippen LogP contribution in [0, 0.1) is 0 Å². The van der Waals surface area contributed by atoms with Crippen LogP contribution in [0.3, 0.4) is 0 Å². The molecule has 10 nitrogen and oxygen atoms in total. The summed E-state index contributed by atoms with van der Waals surface area (Å²) in [6.45, 7) is 2.37. The Morgan fingerprint density at radius 1 is 1.09 bits per heavy atom. The summed E-state index contributed by atoms with van der Waals surface area (Å²) in [6.07, 6.45) is 3.00. The maximum absolute atomic E-state index is 13.2. The van der Waals surface area contributed by atoms with E-state index in [1.807, 2.05) is 42.6 Å². The number of hydrogen-bond donors (Lipinski definition) is 2. The van der Waals surface area contributed by atoms with Gasteiger partial charge in [-0.15, -0.1) is 0 Å². The number of pyridine rings is 1. The van der Waals surface area contributed by atoms with Crippen molar-refractivity contribution < 1.29 is 27.9 Å². The van der Waals surface area contributed by atoms with E-state index < -0.39 is 21.7 Å². The topological polar surface area (TPSA) is 121 Å². The van der Waals surface area contributed by atoms with Gasteiger partial charge in [-0.3, -0.25) is 10.2 Å². The summed E-state index contributed by atoms with van der Waals surface area (Å²) in [7, 11) is -3.69. The molecule has 33 heavy (non-hydrogen) atoms. The number of sulfonamides is 1. The summed E-state index contributed by atoms with van der Waals surface area (Å²) >= 11 is 0. The molecule has 0 aliphatic carbocycles. The number of aromatic nitrogens is 1. The van der Waals surface area contributed by atoms with Gasteiger partial charge in [-0.1, -0.05) is 18.2 Å². The minimum atomic E-state index is -3.69. The zero-order valence-corrected chi connectivity index (χ0v) is 19.0. The molecule has 0 atom stereocenters. The highest BCUT2D eigenvalue weighted by Crippen LogP contribution is 2.29. The number of hydrogen-bond acceptors (Lipinski definition) is 8. The van der Waals surface area contributed by atoms with Crippen LogP contribution in [0.25, 0.3) is 11.1 Å². The molecule has 0 radical (unpaired) electrons. The second-order valence-electron chi connectivity index (χ2n) is 8.23. The third-order valence-electron chi connectivity index (χ3n) is 6.11. The first kappa shape index (κ1) is 23.4. The van der Waals surface area contributed by atoms with E-state index in [4.69, 9.17) is 14.7 Å². The molecule has 2 aromatic rings. The summed E-state index contributed by atoms with van der Waals surface area (Å²) in [5.41, 5.74) is 3.34. The van der Waals surface area contributed by atoms with E-state index in [9.17, 15) is 13.2 Å². The van der Waals surface area contributed by atoms with Crippen molar-refractivity contribution >= 4 is 21.8 Å². The molecule has 3 heterocycles. The molecule has 2 N–H and O–H groups in total. The van der Waals surface area contributed by atoms with Crippen LogP contribution in [0.1, 0.15) is 12.8 Å². The van der Waals surface area contributed by atoms with Crippen LogP contribution in [-0.2, 0) is 19.5 Å². The Labute approximate surface area is 193 Å². The SMILES string of the molecule is O=C(NO)OC1(CS(=O)(=O)N2CCN(c3ccc(-c4cccnc4)cc3)CC2)CCOCC1. The number of benzene rings is 1. The van der Waals surface area contributed by atoms with Gasteiger partial charge in [0.15, 0.2) is 0 Å². The van der Waals surface area contributed by atoms with Crippen LogP contribution in [0.15, 0.2) is 48.8 Å². The van der Waals surface area contributed by atoms with E-state index in [2.05, 4.69) is 9.88 Å². The third kappa shape index (κ3) is 5.61. The molecule has 178 valence electrons. The molecule has 11 heteroatoms. The summed E-state index contributed by atoms with van der Waals surface area (Å²) in [5, 5.41) is 8.82. The first-order valence-corrected chi connectivity index (χ1v) is 12.5. The molecule has 1 aromatic heterocycles. The average Bonchev–Trinajstić information content (AvgIpc) is 2.85. The quantitative estimate of drug-likeness (QED) is 0.479. The monoisotopic (exact) mass is 476 g/mol. The smallest absolute Gasteiger partial charge is 0.431 e. The van der Waals surface area contributed by atoms with Gasteiger partial charge in [0.05, 0.1) is 13.2 Å². The predicted octanol–water partition coefficient (Wildman–Crippen LogP) is 1.86. The number of piperazine rings is 1. The van der Waals surface area contributed by atoms with E-state index >= 15 is 0 Å². The average molecular weight is 477 g/mol. The van der Waals surface area contributed by atoms with E-state index in [1.54, 1.807) is 6.20 Å². The minimum absolute atomic E-state index is 0.253. The Hall–Kier alpha value is -2.73. The molecular weight excluding hydrogens is 448 g/mol. The molecule has 0 saturated carbocycles. The number of amides is 1. The van der Waals surface area contributed by atoms with Crippen molar-refractivity contribution in [2.45, 2.75) is 18.4 Å². The van der Waals surface area contributed by atoms with Gasteiger partial charge in [0.2, 0.25) is 10.0 Å². The lowest BCUT2D eigenvalue weighted by molar-refractivity contribution is -0.0662.